The molecule has 1 saturated carbocycles. The fraction of sp³-hybridized carbons (Fsp3) is 0.917. The van der Waals surface area contributed by atoms with Gasteiger partial charge >= 0.3 is 6.09 Å². The maximum atomic E-state index is 11.6. The lowest BCUT2D eigenvalue weighted by atomic mass is 10.1. The molecule has 15 heavy (non-hydrogen) atoms. The Kier molecular flexibility index (Phi) is 4.92. The number of carbonyl (C=O) groups is 1. The van der Waals surface area contributed by atoms with Crippen molar-refractivity contribution in [1.82, 2.24) is 4.90 Å². The first kappa shape index (κ1) is 12.3. The van der Waals surface area contributed by atoms with Gasteiger partial charge in [0.2, 0.25) is 0 Å². The molecule has 0 heterocycles. The van der Waals surface area contributed by atoms with Gasteiger partial charge in [0.05, 0.1) is 7.11 Å². The van der Waals surface area contributed by atoms with Crippen molar-refractivity contribution in [3.8, 4) is 0 Å². The van der Waals surface area contributed by atoms with Crippen LogP contribution in [0.2, 0.25) is 0 Å². The zero-order chi connectivity index (χ0) is 11.3. The molecule has 0 bridgehead atoms. The molecule has 0 saturated heterocycles. The normalized spacial score (nSPS) is 17.1. The van der Waals surface area contributed by atoms with E-state index in [2.05, 4.69) is 13.8 Å². The first-order valence-electron chi connectivity index (χ1n) is 5.99. The van der Waals surface area contributed by atoms with Gasteiger partial charge in [0.15, 0.2) is 0 Å². The van der Waals surface area contributed by atoms with Crippen LogP contribution in [-0.2, 0) is 4.74 Å². The summed E-state index contributed by atoms with van der Waals surface area (Å²) in [5.74, 6) is 0.638. The van der Waals surface area contributed by atoms with Crippen molar-refractivity contribution in [2.45, 2.75) is 52.0 Å². The fourth-order valence-electron chi connectivity index (χ4n) is 2.15. The van der Waals surface area contributed by atoms with Gasteiger partial charge in [0.1, 0.15) is 0 Å². The number of amides is 1. The Labute approximate surface area is 92.8 Å². The van der Waals surface area contributed by atoms with Crippen LogP contribution in [0.5, 0.6) is 0 Å². The Morgan fingerprint density at radius 3 is 2.47 bits per heavy atom. The summed E-state index contributed by atoms with van der Waals surface area (Å²) in [4.78, 5) is 13.5. The van der Waals surface area contributed by atoms with Crippen LogP contribution in [0, 0.1) is 5.92 Å². The summed E-state index contributed by atoms with van der Waals surface area (Å²) < 4.78 is 4.84. The standard InChI is InChI=1S/C12H23NO2/c1-10(2)8-9-13(12(14)15-3)11-6-4-5-7-11/h10-11H,4-9H2,1-3H3. The Hall–Kier alpha value is -0.730. The van der Waals surface area contributed by atoms with Crippen molar-refractivity contribution in [3.05, 3.63) is 0 Å². The van der Waals surface area contributed by atoms with E-state index in [1.165, 1.54) is 20.0 Å². The van der Waals surface area contributed by atoms with Gasteiger partial charge in [-0.05, 0) is 25.2 Å². The summed E-state index contributed by atoms with van der Waals surface area (Å²) in [5, 5.41) is 0. The van der Waals surface area contributed by atoms with E-state index in [0.29, 0.717) is 12.0 Å². The monoisotopic (exact) mass is 213 g/mol. The first-order valence-corrected chi connectivity index (χ1v) is 5.99. The molecule has 1 rings (SSSR count). The quantitative estimate of drug-likeness (QED) is 0.718. The van der Waals surface area contributed by atoms with E-state index in [-0.39, 0.29) is 6.09 Å². The lowest BCUT2D eigenvalue weighted by Crippen LogP contribution is -2.39. The highest BCUT2D eigenvalue weighted by atomic mass is 16.5. The number of hydrogen-bond donors (Lipinski definition) is 0. The van der Waals surface area contributed by atoms with Gasteiger partial charge in [0, 0.05) is 12.6 Å². The maximum Gasteiger partial charge on any atom is 0.409 e. The molecule has 0 aromatic heterocycles. The smallest absolute Gasteiger partial charge is 0.409 e. The third-order valence-corrected chi connectivity index (χ3v) is 3.12. The zero-order valence-corrected chi connectivity index (χ0v) is 10.2. The number of nitrogens with zero attached hydrogens (tertiary/aromatic N) is 1. The number of hydrogen-bond acceptors (Lipinski definition) is 2. The highest BCUT2D eigenvalue weighted by Crippen LogP contribution is 2.24. The second-order valence-corrected chi connectivity index (χ2v) is 4.78. The van der Waals surface area contributed by atoms with E-state index in [1.807, 2.05) is 4.90 Å². The fourth-order valence-corrected chi connectivity index (χ4v) is 2.15. The molecule has 3 heteroatoms. The number of ether oxygens (including phenoxy) is 1. The molecule has 0 radical (unpaired) electrons. The van der Waals surface area contributed by atoms with Gasteiger partial charge in [-0.1, -0.05) is 26.7 Å². The predicted molar refractivity (Wildman–Crippen MR) is 60.8 cm³/mol. The summed E-state index contributed by atoms with van der Waals surface area (Å²) >= 11 is 0. The number of carbonyl (C=O) groups excluding carboxylic acids is 1. The Morgan fingerprint density at radius 1 is 1.40 bits per heavy atom. The summed E-state index contributed by atoms with van der Waals surface area (Å²) in [6.07, 6.45) is 5.70. The van der Waals surface area contributed by atoms with Crippen LogP contribution in [0.1, 0.15) is 46.0 Å². The van der Waals surface area contributed by atoms with Crippen molar-refractivity contribution in [3.63, 3.8) is 0 Å². The number of rotatable bonds is 4. The van der Waals surface area contributed by atoms with E-state index >= 15 is 0 Å². The number of methoxy groups -OCH3 is 1. The summed E-state index contributed by atoms with van der Waals surface area (Å²) in [5.41, 5.74) is 0. The minimum atomic E-state index is -0.150. The molecule has 0 unspecified atom stereocenters. The molecule has 1 fully saturated rings. The van der Waals surface area contributed by atoms with Crippen LogP contribution in [0.25, 0.3) is 0 Å². The molecule has 1 aliphatic carbocycles. The predicted octanol–water partition coefficient (Wildman–Crippen LogP) is 3.04. The third-order valence-electron chi connectivity index (χ3n) is 3.12. The third kappa shape index (κ3) is 3.73. The summed E-state index contributed by atoms with van der Waals surface area (Å²) in [6, 6.07) is 0.427. The van der Waals surface area contributed by atoms with Crippen LogP contribution in [0.15, 0.2) is 0 Å². The zero-order valence-electron chi connectivity index (χ0n) is 10.2. The second-order valence-electron chi connectivity index (χ2n) is 4.78. The Bertz CT molecular complexity index is 198. The van der Waals surface area contributed by atoms with Gasteiger partial charge < -0.3 is 9.64 Å². The molecular weight excluding hydrogens is 190 g/mol. The average molecular weight is 213 g/mol. The van der Waals surface area contributed by atoms with Gasteiger partial charge in [-0.2, -0.15) is 0 Å². The maximum absolute atomic E-state index is 11.6. The molecule has 0 aromatic rings. The molecule has 1 aliphatic rings. The molecule has 3 nitrogen and oxygen atoms in total. The summed E-state index contributed by atoms with van der Waals surface area (Å²) in [7, 11) is 1.47. The van der Waals surface area contributed by atoms with Crippen molar-refractivity contribution in [2.75, 3.05) is 13.7 Å². The van der Waals surface area contributed by atoms with Gasteiger partial charge in [-0.3, -0.25) is 0 Å². The van der Waals surface area contributed by atoms with Crippen LogP contribution in [0.4, 0.5) is 4.79 Å². The highest BCUT2D eigenvalue weighted by Gasteiger charge is 2.26. The van der Waals surface area contributed by atoms with Crippen molar-refractivity contribution in [1.29, 1.82) is 0 Å². The minimum Gasteiger partial charge on any atom is -0.453 e. The average Bonchev–Trinajstić information content (AvgIpc) is 2.70. The van der Waals surface area contributed by atoms with E-state index < -0.39 is 0 Å². The SMILES string of the molecule is COC(=O)N(CCC(C)C)C1CCCC1. The van der Waals surface area contributed by atoms with Crippen molar-refractivity contribution in [2.24, 2.45) is 5.92 Å². The first-order chi connectivity index (χ1) is 7.15. The topological polar surface area (TPSA) is 29.5 Å². The molecule has 0 aliphatic heterocycles. The molecular formula is C12H23NO2. The Balaban J connectivity index is 2.48. The van der Waals surface area contributed by atoms with Crippen molar-refractivity contribution < 1.29 is 9.53 Å². The highest BCUT2D eigenvalue weighted by molar-refractivity contribution is 5.67. The molecule has 1 amide bonds. The largest absolute Gasteiger partial charge is 0.453 e. The van der Waals surface area contributed by atoms with Crippen LogP contribution in [-0.4, -0.2) is 30.7 Å². The lowest BCUT2D eigenvalue weighted by molar-refractivity contribution is 0.103. The van der Waals surface area contributed by atoms with Crippen LogP contribution >= 0.6 is 0 Å². The van der Waals surface area contributed by atoms with Gasteiger partial charge in [-0.25, -0.2) is 4.79 Å². The van der Waals surface area contributed by atoms with Crippen molar-refractivity contribution >= 4 is 6.09 Å². The van der Waals surface area contributed by atoms with E-state index in [0.717, 1.165) is 25.8 Å². The molecule has 88 valence electrons. The lowest BCUT2D eigenvalue weighted by Gasteiger charge is -2.28. The Morgan fingerprint density at radius 2 is 2.00 bits per heavy atom. The molecule has 0 aromatic carbocycles. The van der Waals surface area contributed by atoms with E-state index in [4.69, 9.17) is 4.74 Å². The molecule has 0 spiro atoms. The minimum absolute atomic E-state index is 0.150. The van der Waals surface area contributed by atoms with Gasteiger partial charge in [0.25, 0.3) is 0 Å². The van der Waals surface area contributed by atoms with E-state index in [1.54, 1.807) is 0 Å². The molecule has 0 N–H and O–H groups in total. The van der Waals surface area contributed by atoms with Crippen LogP contribution in [0.3, 0.4) is 0 Å². The van der Waals surface area contributed by atoms with E-state index in [9.17, 15) is 4.79 Å². The second kappa shape index (κ2) is 5.99. The van der Waals surface area contributed by atoms with Gasteiger partial charge in [-0.15, -0.1) is 0 Å². The van der Waals surface area contributed by atoms with Crippen LogP contribution < -0.4 is 0 Å². The summed E-state index contributed by atoms with van der Waals surface area (Å²) in [6.45, 7) is 5.21. The molecule has 0 atom stereocenters.